The van der Waals surface area contributed by atoms with E-state index in [1.54, 1.807) is 12.1 Å². The molecular weight excluding hydrogens is 314 g/mol. The van der Waals surface area contributed by atoms with Crippen LogP contribution in [0.1, 0.15) is 43.8 Å². The van der Waals surface area contributed by atoms with E-state index >= 15 is 0 Å². The first-order chi connectivity index (χ1) is 11.0. The lowest BCUT2D eigenvalue weighted by Crippen LogP contribution is -2.40. The molecule has 1 saturated heterocycles. The smallest absolute Gasteiger partial charge is 0.223 e. The third kappa shape index (κ3) is 3.87. The molecule has 1 amide bonds. The van der Waals surface area contributed by atoms with Gasteiger partial charge in [0.05, 0.1) is 6.10 Å². The largest absolute Gasteiger partial charge is 0.396 e. The van der Waals surface area contributed by atoms with Crippen LogP contribution in [-0.4, -0.2) is 40.7 Å². The van der Waals surface area contributed by atoms with Gasteiger partial charge in [-0.05, 0) is 49.3 Å². The highest BCUT2D eigenvalue weighted by Crippen LogP contribution is 2.48. The summed E-state index contributed by atoms with van der Waals surface area (Å²) in [7, 11) is 0. The molecule has 4 nitrogen and oxygen atoms in total. The Balaban J connectivity index is 1.51. The molecule has 2 fully saturated rings. The van der Waals surface area contributed by atoms with Crippen molar-refractivity contribution in [3.63, 3.8) is 0 Å². The highest BCUT2D eigenvalue weighted by atomic mass is 35.5. The van der Waals surface area contributed by atoms with E-state index in [-0.39, 0.29) is 23.8 Å². The van der Waals surface area contributed by atoms with Crippen molar-refractivity contribution in [2.75, 3.05) is 19.7 Å². The van der Waals surface area contributed by atoms with E-state index in [9.17, 15) is 15.0 Å². The average Bonchev–Trinajstić information content (AvgIpc) is 3.35. The molecule has 1 aromatic rings. The maximum Gasteiger partial charge on any atom is 0.223 e. The topological polar surface area (TPSA) is 60.8 Å². The van der Waals surface area contributed by atoms with E-state index in [0.717, 1.165) is 31.2 Å². The van der Waals surface area contributed by atoms with Crippen LogP contribution < -0.4 is 0 Å². The Hall–Kier alpha value is -1.10. The quantitative estimate of drug-likeness (QED) is 0.868. The molecule has 2 aliphatic rings. The summed E-state index contributed by atoms with van der Waals surface area (Å²) >= 11 is 5.88. The van der Waals surface area contributed by atoms with Gasteiger partial charge in [0, 0.05) is 36.6 Å². The predicted octanol–water partition coefficient (Wildman–Crippen LogP) is 2.77. The molecule has 3 rings (SSSR count). The Bertz CT molecular complexity index is 548. The molecule has 1 aromatic carbocycles. The number of carbonyl (C=O) groups excluding carboxylic acids is 1. The summed E-state index contributed by atoms with van der Waals surface area (Å²) in [6.45, 7) is 1.50. The van der Waals surface area contributed by atoms with Gasteiger partial charge < -0.3 is 15.1 Å². The number of hydrogen-bond acceptors (Lipinski definition) is 3. The number of rotatable bonds is 5. The normalized spacial score (nSPS) is 22.0. The number of benzene rings is 1. The molecule has 126 valence electrons. The van der Waals surface area contributed by atoms with Gasteiger partial charge in [-0.15, -0.1) is 0 Å². The summed E-state index contributed by atoms with van der Waals surface area (Å²) in [5.41, 5.74) is 0.757. The molecule has 23 heavy (non-hydrogen) atoms. The van der Waals surface area contributed by atoms with Crippen LogP contribution in [0.25, 0.3) is 0 Å². The van der Waals surface area contributed by atoms with Crippen molar-refractivity contribution in [2.45, 2.75) is 38.2 Å². The Kier molecular flexibility index (Phi) is 4.95. The van der Waals surface area contributed by atoms with Crippen molar-refractivity contribution < 1.29 is 15.0 Å². The number of aliphatic hydroxyl groups excluding tert-OH is 2. The van der Waals surface area contributed by atoms with E-state index in [0.29, 0.717) is 24.5 Å². The highest BCUT2D eigenvalue weighted by Gasteiger charge is 2.44. The second-order valence-corrected chi connectivity index (χ2v) is 7.49. The Morgan fingerprint density at radius 3 is 2.39 bits per heavy atom. The first-order valence-corrected chi connectivity index (χ1v) is 8.73. The van der Waals surface area contributed by atoms with Gasteiger partial charge in [-0.3, -0.25) is 4.79 Å². The lowest BCUT2D eigenvalue weighted by molar-refractivity contribution is -0.135. The Morgan fingerprint density at radius 2 is 1.87 bits per heavy atom. The van der Waals surface area contributed by atoms with Gasteiger partial charge in [-0.1, -0.05) is 23.7 Å². The van der Waals surface area contributed by atoms with E-state index in [2.05, 4.69) is 0 Å². The predicted molar refractivity (Wildman–Crippen MR) is 89.1 cm³/mol. The molecule has 0 bridgehead atoms. The van der Waals surface area contributed by atoms with Gasteiger partial charge in [0.2, 0.25) is 5.91 Å². The molecule has 5 heteroatoms. The number of nitrogens with zero attached hydrogens (tertiary/aromatic N) is 1. The fraction of sp³-hybridized carbons (Fsp3) is 0.611. The van der Waals surface area contributed by atoms with Gasteiger partial charge in [0.25, 0.3) is 0 Å². The lowest BCUT2D eigenvalue weighted by atomic mass is 9.87. The summed E-state index contributed by atoms with van der Waals surface area (Å²) in [5, 5.41) is 20.5. The molecule has 0 unspecified atom stereocenters. The van der Waals surface area contributed by atoms with Crippen molar-refractivity contribution in [3.05, 3.63) is 34.9 Å². The molecule has 1 atom stereocenters. The first kappa shape index (κ1) is 16.7. The van der Waals surface area contributed by atoms with Crippen molar-refractivity contribution in [1.29, 1.82) is 0 Å². The third-order valence-corrected chi connectivity index (χ3v) is 5.62. The Labute approximate surface area is 142 Å². The minimum absolute atomic E-state index is 0.116. The fourth-order valence-electron chi connectivity index (χ4n) is 3.40. The van der Waals surface area contributed by atoms with E-state index in [1.807, 2.05) is 17.0 Å². The molecule has 1 aliphatic heterocycles. The van der Waals surface area contributed by atoms with Crippen LogP contribution in [0.4, 0.5) is 0 Å². The van der Waals surface area contributed by atoms with Crippen LogP contribution in [0.2, 0.25) is 5.02 Å². The van der Waals surface area contributed by atoms with Gasteiger partial charge >= 0.3 is 0 Å². The minimum atomic E-state index is -0.503. The molecule has 0 radical (unpaired) electrons. The van der Waals surface area contributed by atoms with Crippen molar-refractivity contribution in [3.8, 4) is 0 Å². The maximum atomic E-state index is 12.3. The number of carbonyl (C=O) groups is 1. The molecule has 0 spiro atoms. The number of aliphatic hydroxyl groups is 2. The van der Waals surface area contributed by atoms with E-state index in [1.165, 1.54) is 0 Å². The zero-order valence-corrected chi connectivity index (χ0v) is 14.0. The van der Waals surface area contributed by atoms with Crippen LogP contribution in [0.15, 0.2) is 24.3 Å². The maximum absolute atomic E-state index is 12.3. The zero-order valence-electron chi connectivity index (χ0n) is 13.2. The van der Waals surface area contributed by atoms with Gasteiger partial charge in [-0.2, -0.15) is 0 Å². The van der Waals surface area contributed by atoms with E-state index < -0.39 is 6.10 Å². The fourth-order valence-corrected chi connectivity index (χ4v) is 3.52. The Morgan fingerprint density at radius 1 is 1.26 bits per heavy atom. The second-order valence-electron chi connectivity index (χ2n) is 7.05. The average molecular weight is 338 g/mol. The summed E-state index contributed by atoms with van der Waals surface area (Å²) in [4.78, 5) is 14.2. The standard InChI is InChI=1S/C18H24ClNO3/c19-15-3-1-13(2-4-15)17(23)14-5-9-20(10-6-14)16(22)11-18(12-21)7-8-18/h1-4,14,17,21,23H,5-12H2/t17-/m1/s1. The van der Waals surface area contributed by atoms with Gasteiger partial charge in [0.15, 0.2) is 0 Å². The summed E-state index contributed by atoms with van der Waals surface area (Å²) in [6.07, 6.45) is 3.50. The zero-order chi connectivity index (χ0) is 16.4. The van der Waals surface area contributed by atoms with E-state index in [4.69, 9.17) is 11.6 Å². The summed E-state index contributed by atoms with van der Waals surface area (Å²) in [5.74, 6) is 0.323. The number of amides is 1. The number of hydrogen-bond donors (Lipinski definition) is 2. The molecule has 2 N–H and O–H groups in total. The third-order valence-electron chi connectivity index (χ3n) is 5.37. The molecular formula is C18H24ClNO3. The molecule has 1 heterocycles. The van der Waals surface area contributed by atoms with Gasteiger partial charge in [0.1, 0.15) is 0 Å². The molecule has 1 saturated carbocycles. The van der Waals surface area contributed by atoms with Crippen LogP contribution >= 0.6 is 11.6 Å². The number of likely N-dealkylation sites (tertiary alicyclic amines) is 1. The summed E-state index contributed by atoms with van der Waals surface area (Å²) < 4.78 is 0. The number of halogens is 1. The highest BCUT2D eigenvalue weighted by molar-refractivity contribution is 6.30. The molecule has 1 aliphatic carbocycles. The summed E-state index contributed by atoms with van der Waals surface area (Å²) in [6, 6.07) is 7.32. The van der Waals surface area contributed by atoms with Crippen LogP contribution in [-0.2, 0) is 4.79 Å². The van der Waals surface area contributed by atoms with Crippen molar-refractivity contribution in [2.24, 2.45) is 11.3 Å². The first-order valence-electron chi connectivity index (χ1n) is 8.35. The second kappa shape index (κ2) is 6.80. The van der Waals surface area contributed by atoms with Crippen LogP contribution in [0, 0.1) is 11.3 Å². The monoisotopic (exact) mass is 337 g/mol. The minimum Gasteiger partial charge on any atom is -0.396 e. The van der Waals surface area contributed by atoms with Crippen LogP contribution in [0.3, 0.4) is 0 Å². The van der Waals surface area contributed by atoms with Crippen molar-refractivity contribution in [1.82, 2.24) is 4.90 Å². The SMILES string of the molecule is O=C(CC1(CO)CC1)N1CCC([C@H](O)c2ccc(Cl)cc2)CC1. The molecule has 0 aromatic heterocycles. The van der Waals surface area contributed by atoms with Crippen molar-refractivity contribution >= 4 is 17.5 Å². The lowest BCUT2D eigenvalue weighted by Gasteiger charge is -2.35. The van der Waals surface area contributed by atoms with Crippen LogP contribution in [0.5, 0.6) is 0 Å². The number of piperidine rings is 1. The van der Waals surface area contributed by atoms with Gasteiger partial charge in [-0.25, -0.2) is 0 Å².